The smallest absolute Gasteiger partial charge is 0.289 e. The van der Waals surface area contributed by atoms with Gasteiger partial charge in [-0.2, -0.15) is 0 Å². The van der Waals surface area contributed by atoms with Crippen molar-refractivity contribution >= 4 is 29.3 Å². The molecule has 0 radical (unpaired) electrons. The second kappa shape index (κ2) is 8.92. The topological polar surface area (TPSA) is 74.1 Å². The summed E-state index contributed by atoms with van der Waals surface area (Å²) in [6, 6.07) is 10.2. The van der Waals surface area contributed by atoms with E-state index in [1.54, 1.807) is 46.2 Å². The van der Waals surface area contributed by atoms with Crippen molar-refractivity contribution < 1.29 is 18.8 Å². The quantitative estimate of drug-likeness (QED) is 0.752. The van der Waals surface area contributed by atoms with Crippen LogP contribution in [0.5, 0.6) is 0 Å². The highest BCUT2D eigenvalue weighted by molar-refractivity contribution is 6.30. The van der Waals surface area contributed by atoms with Crippen LogP contribution in [0.4, 0.5) is 0 Å². The van der Waals surface area contributed by atoms with Crippen LogP contribution in [-0.2, 0) is 4.79 Å². The molecule has 1 aromatic carbocycles. The van der Waals surface area contributed by atoms with E-state index in [0.29, 0.717) is 55.6 Å². The Kier molecular flexibility index (Phi) is 6.08. The molecule has 3 amide bonds. The van der Waals surface area contributed by atoms with E-state index in [1.807, 2.05) is 4.90 Å². The number of rotatable bonds is 3. The summed E-state index contributed by atoms with van der Waals surface area (Å²) in [5.74, 6) is -0.0445. The minimum Gasteiger partial charge on any atom is -0.459 e. The van der Waals surface area contributed by atoms with Gasteiger partial charge in [0.05, 0.1) is 12.2 Å². The molecule has 2 saturated heterocycles. The van der Waals surface area contributed by atoms with Crippen LogP contribution in [0, 0.1) is 5.92 Å². The van der Waals surface area contributed by atoms with Crippen molar-refractivity contribution in [2.45, 2.75) is 12.8 Å². The van der Waals surface area contributed by atoms with Gasteiger partial charge in [-0.05, 0) is 49.2 Å². The molecule has 2 aliphatic heterocycles. The molecule has 0 saturated carbocycles. The van der Waals surface area contributed by atoms with Gasteiger partial charge in [0.1, 0.15) is 0 Å². The molecule has 1 atom stereocenters. The van der Waals surface area contributed by atoms with Crippen LogP contribution in [-0.4, -0.2) is 71.7 Å². The third kappa shape index (κ3) is 4.36. The third-order valence-corrected chi connectivity index (χ3v) is 6.01. The molecule has 4 rings (SSSR count). The molecule has 7 nitrogen and oxygen atoms in total. The normalized spacial score (nSPS) is 19.6. The van der Waals surface area contributed by atoms with Gasteiger partial charge >= 0.3 is 0 Å². The van der Waals surface area contributed by atoms with Gasteiger partial charge in [-0.15, -0.1) is 0 Å². The standard InChI is InChI=1S/C22H24ClN3O4/c23-18-7-5-16(6-8-18)20(27)26-9-1-3-17(15-26)21(28)24-10-12-25(13-11-24)22(29)19-4-2-14-30-19/h2,4-8,14,17H,1,3,9-13,15H2/t17-/m1/s1. The molecule has 8 heteroatoms. The second-order valence-corrected chi connectivity index (χ2v) is 8.13. The summed E-state index contributed by atoms with van der Waals surface area (Å²) in [4.78, 5) is 43.5. The molecule has 0 aliphatic carbocycles. The molecule has 0 spiro atoms. The van der Waals surface area contributed by atoms with E-state index in [2.05, 4.69) is 0 Å². The SMILES string of the molecule is O=C(c1ccc(Cl)cc1)N1CCC[C@@H](C(=O)N2CCN(C(=O)c3ccco3)CC2)C1. The summed E-state index contributed by atoms with van der Waals surface area (Å²) in [6.45, 7) is 3.01. The maximum atomic E-state index is 13.1. The van der Waals surface area contributed by atoms with E-state index < -0.39 is 0 Å². The van der Waals surface area contributed by atoms with Gasteiger partial charge in [0.15, 0.2) is 5.76 Å². The first-order valence-electron chi connectivity index (χ1n) is 10.2. The lowest BCUT2D eigenvalue weighted by molar-refractivity contribution is -0.138. The Balaban J connectivity index is 1.33. The molecule has 158 valence electrons. The van der Waals surface area contributed by atoms with E-state index in [9.17, 15) is 14.4 Å². The van der Waals surface area contributed by atoms with Crippen molar-refractivity contribution in [3.05, 3.63) is 59.0 Å². The Bertz CT molecular complexity index is 905. The van der Waals surface area contributed by atoms with Crippen molar-refractivity contribution in [2.24, 2.45) is 5.92 Å². The number of nitrogens with zero attached hydrogens (tertiary/aromatic N) is 3. The lowest BCUT2D eigenvalue weighted by Gasteiger charge is -2.38. The van der Waals surface area contributed by atoms with Crippen LogP contribution in [0.2, 0.25) is 5.02 Å². The lowest BCUT2D eigenvalue weighted by atomic mass is 9.95. The van der Waals surface area contributed by atoms with Crippen LogP contribution in [0.15, 0.2) is 47.1 Å². The van der Waals surface area contributed by atoms with Crippen LogP contribution in [0.25, 0.3) is 0 Å². The number of likely N-dealkylation sites (tertiary alicyclic amines) is 1. The monoisotopic (exact) mass is 429 g/mol. The zero-order valence-corrected chi connectivity index (χ0v) is 17.4. The Morgan fingerprint density at radius 1 is 0.867 bits per heavy atom. The van der Waals surface area contributed by atoms with Gasteiger partial charge < -0.3 is 19.1 Å². The summed E-state index contributed by atoms with van der Waals surface area (Å²) in [5.41, 5.74) is 0.581. The molecular formula is C22H24ClN3O4. The first kappa shape index (κ1) is 20.5. The predicted molar refractivity (Wildman–Crippen MR) is 111 cm³/mol. The molecule has 0 N–H and O–H groups in total. The third-order valence-electron chi connectivity index (χ3n) is 5.76. The predicted octanol–water partition coefficient (Wildman–Crippen LogP) is 2.77. The summed E-state index contributed by atoms with van der Waals surface area (Å²) < 4.78 is 5.18. The summed E-state index contributed by atoms with van der Waals surface area (Å²) in [6.07, 6.45) is 3.05. The number of furan rings is 1. The van der Waals surface area contributed by atoms with Gasteiger partial charge in [0.25, 0.3) is 11.8 Å². The van der Waals surface area contributed by atoms with Crippen LogP contribution < -0.4 is 0 Å². The Morgan fingerprint density at radius 2 is 1.57 bits per heavy atom. The molecule has 0 bridgehead atoms. The van der Waals surface area contributed by atoms with Crippen LogP contribution in [0.3, 0.4) is 0 Å². The molecular weight excluding hydrogens is 406 g/mol. The number of benzene rings is 1. The highest BCUT2D eigenvalue weighted by Crippen LogP contribution is 2.22. The van der Waals surface area contributed by atoms with Crippen LogP contribution in [0.1, 0.15) is 33.8 Å². The fourth-order valence-electron chi connectivity index (χ4n) is 4.08. The average Bonchev–Trinajstić information content (AvgIpc) is 3.33. The number of hydrogen-bond donors (Lipinski definition) is 0. The zero-order chi connectivity index (χ0) is 21.1. The number of halogens is 1. The summed E-state index contributed by atoms with van der Waals surface area (Å²) in [5, 5.41) is 0.586. The summed E-state index contributed by atoms with van der Waals surface area (Å²) >= 11 is 5.91. The number of piperazine rings is 1. The summed E-state index contributed by atoms with van der Waals surface area (Å²) in [7, 11) is 0. The van der Waals surface area contributed by atoms with Gasteiger partial charge in [0, 0.05) is 49.9 Å². The van der Waals surface area contributed by atoms with E-state index in [1.165, 1.54) is 6.26 Å². The molecule has 2 aromatic rings. The first-order valence-corrected chi connectivity index (χ1v) is 10.6. The fraction of sp³-hybridized carbons (Fsp3) is 0.409. The Labute approximate surface area is 180 Å². The van der Waals surface area contributed by atoms with Crippen molar-refractivity contribution in [1.82, 2.24) is 14.7 Å². The number of amides is 3. The lowest BCUT2D eigenvalue weighted by Crippen LogP contribution is -2.54. The van der Waals surface area contributed by atoms with E-state index in [0.717, 1.165) is 12.8 Å². The molecule has 30 heavy (non-hydrogen) atoms. The van der Waals surface area contributed by atoms with Gasteiger partial charge in [-0.3, -0.25) is 14.4 Å². The van der Waals surface area contributed by atoms with Crippen molar-refractivity contribution in [2.75, 3.05) is 39.3 Å². The average molecular weight is 430 g/mol. The van der Waals surface area contributed by atoms with E-state index in [-0.39, 0.29) is 23.6 Å². The maximum absolute atomic E-state index is 13.1. The number of piperidine rings is 1. The minimum absolute atomic E-state index is 0.0636. The fourth-order valence-corrected chi connectivity index (χ4v) is 4.21. The largest absolute Gasteiger partial charge is 0.459 e. The van der Waals surface area contributed by atoms with E-state index in [4.69, 9.17) is 16.0 Å². The molecule has 2 fully saturated rings. The van der Waals surface area contributed by atoms with Gasteiger partial charge in [-0.1, -0.05) is 11.6 Å². The second-order valence-electron chi connectivity index (χ2n) is 7.69. The number of carbonyl (C=O) groups excluding carboxylic acids is 3. The molecule has 1 aromatic heterocycles. The van der Waals surface area contributed by atoms with Crippen molar-refractivity contribution in [3.63, 3.8) is 0 Å². The van der Waals surface area contributed by atoms with Crippen molar-refractivity contribution in [3.8, 4) is 0 Å². The first-order chi connectivity index (χ1) is 14.5. The molecule has 2 aliphatic rings. The number of carbonyl (C=O) groups is 3. The van der Waals surface area contributed by atoms with Crippen molar-refractivity contribution in [1.29, 1.82) is 0 Å². The zero-order valence-electron chi connectivity index (χ0n) is 16.6. The van der Waals surface area contributed by atoms with Gasteiger partial charge in [0.2, 0.25) is 5.91 Å². The molecule has 0 unspecified atom stereocenters. The van der Waals surface area contributed by atoms with Crippen LogP contribution >= 0.6 is 11.6 Å². The number of hydrogen-bond acceptors (Lipinski definition) is 4. The highest BCUT2D eigenvalue weighted by atomic mass is 35.5. The van der Waals surface area contributed by atoms with Gasteiger partial charge in [-0.25, -0.2) is 0 Å². The Hall–Kier alpha value is -2.80. The minimum atomic E-state index is -0.206. The van der Waals surface area contributed by atoms with E-state index >= 15 is 0 Å². The maximum Gasteiger partial charge on any atom is 0.289 e. The molecule has 3 heterocycles. The highest BCUT2D eigenvalue weighted by Gasteiger charge is 2.33. The Morgan fingerprint density at radius 3 is 2.23 bits per heavy atom.